The third kappa shape index (κ3) is 3.48. The van der Waals surface area contributed by atoms with E-state index in [9.17, 15) is 23.3 Å². The molecule has 1 saturated heterocycles. The van der Waals surface area contributed by atoms with Crippen molar-refractivity contribution in [1.29, 1.82) is 0 Å². The molecule has 1 atom stereocenters. The van der Waals surface area contributed by atoms with E-state index >= 15 is 0 Å². The first-order chi connectivity index (χ1) is 9.82. The minimum Gasteiger partial charge on any atom is -0.465 e. The number of benzene rings is 1. The molecule has 1 fully saturated rings. The van der Waals surface area contributed by atoms with E-state index in [4.69, 9.17) is 0 Å². The van der Waals surface area contributed by atoms with Crippen LogP contribution in [0.5, 0.6) is 0 Å². The Bertz CT molecular complexity index is 685. The van der Waals surface area contributed by atoms with Crippen LogP contribution in [0.1, 0.15) is 16.8 Å². The number of anilines is 1. The standard InChI is InChI=1S/C12H14N2O6S/c1-20-12(15)10-6-9(14(16)17)2-3-11(10)13-8-4-5-21(18,19)7-8/h2-3,6,8,13H,4-5,7H2,1H3. The average Bonchev–Trinajstić information content (AvgIpc) is 2.77. The van der Waals surface area contributed by atoms with Crippen molar-refractivity contribution in [3.05, 3.63) is 33.9 Å². The largest absolute Gasteiger partial charge is 0.465 e. The molecule has 0 aliphatic carbocycles. The van der Waals surface area contributed by atoms with Gasteiger partial charge in [0, 0.05) is 23.9 Å². The van der Waals surface area contributed by atoms with E-state index in [1.54, 1.807) is 0 Å². The predicted octanol–water partition coefficient (Wildman–Crippen LogP) is 0.980. The first-order valence-electron chi connectivity index (χ1n) is 6.16. The number of hydrogen-bond acceptors (Lipinski definition) is 7. The molecule has 1 aliphatic heterocycles. The molecule has 1 aromatic rings. The molecule has 1 N–H and O–H groups in total. The summed E-state index contributed by atoms with van der Waals surface area (Å²) >= 11 is 0. The highest BCUT2D eigenvalue weighted by molar-refractivity contribution is 7.91. The highest BCUT2D eigenvalue weighted by Gasteiger charge is 2.29. The lowest BCUT2D eigenvalue weighted by Crippen LogP contribution is -2.22. The Balaban J connectivity index is 2.30. The van der Waals surface area contributed by atoms with Gasteiger partial charge in [-0.2, -0.15) is 0 Å². The molecule has 1 heterocycles. The van der Waals surface area contributed by atoms with Crippen LogP contribution in [0.15, 0.2) is 18.2 Å². The van der Waals surface area contributed by atoms with Gasteiger partial charge in [-0.25, -0.2) is 13.2 Å². The fraction of sp³-hybridized carbons (Fsp3) is 0.417. The van der Waals surface area contributed by atoms with E-state index in [-0.39, 0.29) is 28.8 Å². The number of carbonyl (C=O) groups is 1. The number of ether oxygens (including phenoxy) is 1. The zero-order valence-electron chi connectivity index (χ0n) is 11.2. The molecule has 8 nitrogen and oxygen atoms in total. The summed E-state index contributed by atoms with van der Waals surface area (Å²) in [5, 5.41) is 13.7. The summed E-state index contributed by atoms with van der Waals surface area (Å²) in [7, 11) is -1.89. The van der Waals surface area contributed by atoms with Gasteiger partial charge in [0.25, 0.3) is 5.69 Å². The lowest BCUT2D eigenvalue weighted by atomic mass is 10.1. The average molecular weight is 314 g/mol. The number of nitrogens with zero attached hydrogens (tertiary/aromatic N) is 1. The second-order valence-corrected chi connectivity index (χ2v) is 6.95. The molecule has 1 aliphatic rings. The summed E-state index contributed by atoms with van der Waals surface area (Å²) in [6.07, 6.45) is 0.430. The zero-order valence-corrected chi connectivity index (χ0v) is 12.1. The molecule has 114 valence electrons. The SMILES string of the molecule is COC(=O)c1cc([N+](=O)[O-])ccc1NC1CCS(=O)(=O)C1. The van der Waals surface area contributed by atoms with Crippen molar-refractivity contribution < 1.29 is 22.9 Å². The Morgan fingerprint density at radius 1 is 1.48 bits per heavy atom. The van der Waals surface area contributed by atoms with Crippen molar-refractivity contribution in [3.8, 4) is 0 Å². The van der Waals surface area contributed by atoms with Crippen molar-refractivity contribution in [2.45, 2.75) is 12.5 Å². The number of non-ortho nitro benzene ring substituents is 1. The van der Waals surface area contributed by atoms with E-state index in [1.807, 2.05) is 0 Å². The van der Waals surface area contributed by atoms with Gasteiger partial charge < -0.3 is 10.1 Å². The number of nitro groups is 1. The fourth-order valence-corrected chi connectivity index (χ4v) is 3.85. The molecular formula is C12H14N2O6S. The van der Waals surface area contributed by atoms with Gasteiger partial charge in [-0.15, -0.1) is 0 Å². The Labute approximate surface area is 121 Å². The molecule has 0 bridgehead atoms. The zero-order chi connectivity index (χ0) is 15.6. The minimum atomic E-state index is -3.06. The molecule has 9 heteroatoms. The van der Waals surface area contributed by atoms with E-state index in [0.717, 1.165) is 6.07 Å². The van der Waals surface area contributed by atoms with Gasteiger partial charge in [0.05, 0.1) is 29.1 Å². The maximum absolute atomic E-state index is 11.7. The summed E-state index contributed by atoms with van der Waals surface area (Å²) in [4.78, 5) is 21.9. The molecule has 21 heavy (non-hydrogen) atoms. The molecule has 2 rings (SSSR count). The Kier molecular flexibility index (Phi) is 4.12. The van der Waals surface area contributed by atoms with Crippen LogP contribution in [-0.2, 0) is 14.6 Å². The van der Waals surface area contributed by atoms with E-state index in [2.05, 4.69) is 10.1 Å². The lowest BCUT2D eigenvalue weighted by Gasteiger charge is -2.15. The predicted molar refractivity (Wildman–Crippen MR) is 75.1 cm³/mol. The van der Waals surface area contributed by atoms with Crippen LogP contribution in [0.2, 0.25) is 0 Å². The third-order valence-electron chi connectivity index (χ3n) is 3.21. The van der Waals surface area contributed by atoms with Gasteiger partial charge in [0.1, 0.15) is 0 Å². The summed E-state index contributed by atoms with van der Waals surface area (Å²) in [5.41, 5.74) is 0.102. The molecule has 0 saturated carbocycles. The number of nitrogens with one attached hydrogen (secondary N) is 1. The van der Waals surface area contributed by atoms with Crippen LogP contribution in [0.3, 0.4) is 0 Å². The van der Waals surface area contributed by atoms with E-state index in [0.29, 0.717) is 12.1 Å². The fourth-order valence-electron chi connectivity index (χ4n) is 2.18. The Morgan fingerprint density at radius 2 is 2.19 bits per heavy atom. The second-order valence-electron chi connectivity index (χ2n) is 4.72. The van der Waals surface area contributed by atoms with Crippen LogP contribution < -0.4 is 5.32 Å². The highest BCUT2D eigenvalue weighted by Crippen LogP contribution is 2.25. The number of methoxy groups -OCH3 is 1. The normalized spacial score (nSPS) is 20.0. The maximum Gasteiger partial charge on any atom is 0.340 e. The van der Waals surface area contributed by atoms with Gasteiger partial charge >= 0.3 is 5.97 Å². The molecule has 0 amide bonds. The molecule has 0 radical (unpaired) electrons. The maximum atomic E-state index is 11.7. The smallest absolute Gasteiger partial charge is 0.340 e. The van der Waals surface area contributed by atoms with E-state index < -0.39 is 20.7 Å². The van der Waals surface area contributed by atoms with Crippen LogP contribution in [-0.4, -0.2) is 44.0 Å². The van der Waals surface area contributed by atoms with Crippen molar-refractivity contribution in [2.24, 2.45) is 0 Å². The van der Waals surface area contributed by atoms with Gasteiger partial charge in [-0.05, 0) is 12.5 Å². The van der Waals surface area contributed by atoms with Gasteiger partial charge in [-0.1, -0.05) is 0 Å². The summed E-state index contributed by atoms with van der Waals surface area (Å²) in [5.74, 6) is -0.655. The van der Waals surface area contributed by atoms with Crippen molar-refractivity contribution in [2.75, 3.05) is 23.9 Å². The Morgan fingerprint density at radius 3 is 2.71 bits per heavy atom. The summed E-state index contributed by atoms with van der Waals surface area (Å²) < 4.78 is 27.5. The quantitative estimate of drug-likeness (QED) is 0.500. The Hall–Kier alpha value is -2.16. The van der Waals surface area contributed by atoms with Crippen LogP contribution >= 0.6 is 0 Å². The third-order valence-corrected chi connectivity index (χ3v) is 4.98. The number of rotatable bonds is 4. The lowest BCUT2D eigenvalue weighted by molar-refractivity contribution is -0.384. The van der Waals surface area contributed by atoms with Crippen LogP contribution in [0, 0.1) is 10.1 Å². The van der Waals surface area contributed by atoms with Crippen LogP contribution in [0.4, 0.5) is 11.4 Å². The second kappa shape index (κ2) is 5.68. The summed E-state index contributed by atoms with van der Waals surface area (Å²) in [6.45, 7) is 0. The number of hydrogen-bond donors (Lipinski definition) is 1. The van der Waals surface area contributed by atoms with E-state index in [1.165, 1.54) is 19.2 Å². The van der Waals surface area contributed by atoms with Gasteiger partial charge in [0.2, 0.25) is 0 Å². The number of esters is 1. The van der Waals surface area contributed by atoms with Crippen molar-refractivity contribution >= 4 is 27.2 Å². The number of nitro benzene ring substituents is 1. The molecule has 0 spiro atoms. The monoisotopic (exact) mass is 314 g/mol. The number of carbonyl (C=O) groups excluding carboxylic acids is 1. The molecular weight excluding hydrogens is 300 g/mol. The first-order valence-corrected chi connectivity index (χ1v) is 7.98. The first kappa shape index (κ1) is 15.2. The molecule has 1 aromatic carbocycles. The highest BCUT2D eigenvalue weighted by atomic mass is 32.2. The molecule has 1 unspecified atom stereocenters. The van der Waals surface area contributed by atoms with Crippen molar-refractivity contribution in [3.63, 3.8) is 0 Å². The minimum absolute atomic E-state index is 0.0102. The van der Waals surface area contributed by atoms with Gasteiger partial charge in [-0.3, -0.25) is 10.1 Å². The number of sulfone groups is 1. The summed E-state index contributed by atoms with van der Waals surface area (Å²) in [6, 6.07) is 3.42. The topological polar surface area (TPSA) is 116 Å². The van der Waals surface area contributed by atoms with Gasteiger partial charge in [0.15, 0.2) is 9.84 Å². The van der Waals surface area contributed by atoms with Crippen LogP contribution in [0.25, 0.3) is 0 Å². The molecule has 0 aromatic heterocycles. The van der Waals surface area contributed by atoms with Crippen molar-refractivity contribution in [1.82, 2.24) is 0 Å².